The van der Waals surface area contributed by atoms with Crippen molar-refractivity contribution < 1.29 is 9.53 Å². The molecular formula is C22H20N2O2. The number of carbonyl (C=O) groups is 1. The Kier molecular flexibility index (Phi) is 5.50. The Morgan fingerprint density at radius 3 is 2.88 bits per heavy atom. The van der Waals surface area contributed by atoms with E-state index < -0.39 is 0 Å². The van der Waals surface area contributed by atoms with Crippen molar-refractivity contribution >= 4 is 22.5 Å². The molecule has 0 saturated carbocycles. The number of hydrogen-bond donors (Lipinski definition) is 0. The molecule has 0 bridgehead atoms. The highest BCUT2D eigenvalue weighted by Gasteiger charge is 2.14. The van der Waals surface area contributed by atoms with E-state index in [0.717, 1.165) is 22.3 Å². The summed E-state index contributed by atoms with van der Waals surface area (Å²) in [4.78, 5) is 18.8. The third kappa shape index (κ3) is 4.01. The first kappa shape index (κ1) is 17.5. The number of hydrogen-bond acceptors (Lipinski definition) is 3. The van der Waals surface area contributed by atoms with Crippen LogP contribution in [0.5, 0.6) is 5.75 Å². The molecule has 0 saturated heterocycles. The number of rotatable bonds is 5. The topological polar surface area (TPSA) is 42.4 Å². The van der Waals surface area contributed by atoms with Crippen LogP contribution in [0.25, 0.3) is 10.9 Å². The van der Waals surface area contributed by atoms with Gasteiger partial charge in [0.15, 0.2) is 0 Å². The van der Waals surface area contributed by atoms with E-state index in [9.17, 15) is 4.79 Å². The van der Waals surface area contributed by atoms with Gasteiger partial charge in [-0.3, -0.25) is 9.78 Å². The van der Waals surface area contributed by atoms with Crippen LogP contribution in [0.3, 0.4) is 0 Å². The van der Waals surface area contributed by atoms with Gasteiger partial charge in [-0.25, -0.2) is 0 Å². The molecule has 0 unspecified atom stereocenters. The van der Waals surface area contributed by atoms with Crippen LogP contribution in [0.4, 0.5) is 5.69 Å². The number of amides is 1. The van der Waals surface area contributed by atoms with E-state index in [-0.39, 0.29) is 5.91 Å². The number of nitrogens with zero attached hydrogens (tertiary/aromatic N) is 2. The average Bonchev–Trinajstić information content (AvgIpc) is 2.70. The summed E-state index contributed by atoms with van der Waals surface area (Å²) in [5.74, 6) is 6.45. The molecule has 3 aromatic rings. The van der Waals surface area contributed by atoms with Crippen LogP contribution < -0.4 is 9.64 Å². The number of benzene rings is 2. The van der Waals surface area contributed by atoms with Gasteiger partial charge in [-0.1, -0.05) is 12.1 Å². The zero-order chi connectivity index (χ0) is 18.4. The number of pyridine rings is 1. The van der Waals surface area contributed by atoms with E-state index in [1.165, 1.54) is 0 Å². The molecule has 0 aliphatic rings. The van der Waals surface area contributed by atoms with E-state index in [2.05, 4.69) is 16.8 Å². The predicted octanol–water partition coefficient (Wildman–Crippen LogP) is 4.30. The van der Waals surface area contributed by atoms with Crippen LogP contribution in [-0.2, 0) is 0 Å². The lowest BCUT2D eigenvalue weighted by molar-refractivity contribution is 0.0993. The van der Waals surface area contributed by atoms with E-state index in [1.54, 1.807) is 24.2 Å². The summed E-state index contributed by atoms with van der Waals surface area (Å²) in [5.41, 5.74) is 2.27. The molecule has 0 aliphatic carbocycles. The van der Waals surface area contributed by atoms with Crippen molar-refractivity contribution in [3.63, 3.8) is 0 Å². The molecule has 2 aromatic carbocycles. The molecule has 3 rings (SSSR count). The van der Waals surface area contributed by atoms with Crippen molar-refractivity contribution in [2.75, 3.05) is 18.6 Å². The van der Waals surface area contributed by atoms with Crippen molar-refractivity contribution in [2.24, 2.45) is 0 Å². The van der Waals surface area contributed by atoms with Gasteiger partial charge in [-0.15, -0.1) is 11.8 Å². The Morgan fingerprint density at radius 2 is 2.04 bits per heavy atom. The van der Waals surface area contributed by atoms with Crippen LogP contribution in [0.2, 0.25) is 0 Å². The number of aromatic nitrogens is 1. The second-order valence-electron chi connectivity index (χ2n) is 5.80. The molecular weight excluding hydrogens is 324 g/mol. The minimum absolute atomic E-state index is 0.0789. The van der Waals surface area contributed by atoms with Crippen molar-refractivity contribution in [3.8, 4) is 17.6 Å². The summed E-state index contributed by atoms with van der Waals surface area (Å²) in [6, 6.07) is 16.9. The van der Waals surface area contributed by atoms with Crippen LogP contribution >= 0.6 is 0 Å². The van der Waals surface area contributed by atoms with Crippen LogP contribution in [0.1, 0.15) is 23.7 Å². The SMILES string of the molecule is CC#CCCOc1cccc(N(C)C(=O)c2ccc3ncccc3c2)c1. The van der Waals surface area contributed by atoms with Crippen LogP contribution in [0.15, 0.2) is 60.8 Å². The molecule has 0 radical (unpaired) electrons. The number of carbonyl (C=O) groups excluding carboxylic acids is 1. The molecule has 1 aromatic heterocycles. The monoisotopic (exact) mass is 344 g/mol. The fourth-order valence-electron chi connectivity index (χ4n) is 2.65. The van der Waals surface area contributed by atoms with Crippen molar-refractivity contribution in [3.05, 3.63) is 66.4 Å². The molecule has 0 N–H and O–H groups in total. The van der Waals surface area contributed by atoms with E-state index >= 15 is 0 Å². The molecule has 1 amide bonds. The van der Waals surface area contributed by atoms with Gasteiger partial charge in [-0.2, -0.15) is 0 Å². The molecule has 26 heavy (non-hydrogen) atoms. The molecule has 0 spiro atoms. The van der Waals surface area contributed by atoms with Gasteiger partial charge in [0, 0.05) is 42.4 Å². The second kappa shape index (κ2) is 8.17. The van der Waals surface area contributed by atoms with E-state index in [0.29, 0.717) is 18.6 Å². The number of anilines is 1. The first-order valence-electron chi connectivity index (χ1n) is 8.44. The molecule has 4 nitrogen and oxygen atoms in total. The predicted molar refractivity (Wildman–Crippen MR) is 104 cm³/mol. The summed E-state index contributed by atoms with van der Waals surface area (Å²) in [6.45, 7) is 2.34. The Bertz CT molecular complexity index is 986. The summed E-state index contributed by atoms with van der Waals surface area (Å²) in [6.07, 6.45) is 2.42. The summed E-state index contributed by atoms with van der Waals surface area (Å²) >= 11 is 0. The highest BCUT2D eigenvalue weighted by atomic mass is 16.5. The Hall–Kier alpha value is -3.32. The molecule has 0 aliphatic heterocycles. The third-order valence-corrected chi connectivity index (χ3v) is 4.03. The van der Waals surface area contributed by atoms with Gasteiger partial charge >= 0.3 is 0 Å². The molecule has 0 atom stereocenters. The van der Waals surface area contributed by atoms with Gasteiger partial charge < -0.3 is 9.64 Å². The van der Waals surface area contributed by atoms with Crippen molar-refractivity contribution in [1.29, 1.82) is 0 Å². The Labute approximate surface area is 153 Å². The normalized spacial score (nSPS) is 10.1. The van der Waals surface area contributed by atoms with Crippen molar-refractivity contribution in [1.82, 2.24) is 4.98 Å². The standard InChI is InChI=1S/C22H20N2O2/c1-3-4-5-14-26-20-10-6-9-19(16-20)24(2)22(25)18-11-12-21-17(15-18)8-7-13-23-21/h6-13,15-16H,5,14H2,1-2H3. The van der Waals surface area contributed by atoms with E-state index in [4.69, 9.17) is 4.74 Å². The molecule has 1 heterocycles. The smallest absolute Gasteiger partial charge is 0.258 e. The lowest BCUT2D eigenvalue weighted by Gasteiger charge is -2.18. The summed E-state index contributed by atoms with van der Waals surface area (Å²) in [5, 5.41) is 0.945. The largest absolute Gasteiger partial charge is 0.493 e. The number of fused-ring (bicyclic) bond motifs is 1. The average molecular weight is 344 g/mol. The fourth-order valence-corrected chi connectivity index (χ4v) is 2.65. The van der Waals surface area contributed by atoms with Crippen LogP contribution in [-0.4, -0.2) is 24.5 Å². The quantitative estimate of drug-likeness (QED) is 0.512. The maximum absolute atomic E-state index is 12.8. The Morgan fingerprint density at radius 1 is 1.15 bits per heavy atom. The third-order valence-electron chi connectivity index (χ3n) is 4.03. The number of ether oxygens (including phenoxy) is 1. The maximum atomic E-state index is 12.8. The zero-order valence-corrected chi connectivity index (χ0v) is 14.9. The highest BCUT2D eigenvalue weighted by Crippen LogP contribution is 2.23. The van der Waals surface area contributed by atoms with Gasteiger partial charge in [-0.05, 0) is 43.3 Å². The second-order valence-corrected chi connectivity index (χ2v) is 5.80. The van der Waals surface area contributed by atoms with Crippen molar-refractivity contribution in [2.45, 2.75) is 13.3 Å². The lowest BCUT2D eigenvalue weighted by Crippen LogP contribution is -2.26. The highest BCUT2D eigenvalue weighted by molar-refractivity contribution is 6.07. The summed E-state index contributed by atoms with van der Waals surface area (Å²) < 4.78 is 5.69. The lowest BCUT2D eigenvalue weighted by atomic mass is 10.1. The molecule has 130 valence electrons. The minimum atomic E-state index is -0.0789. The zero-order valence-electron chi connectivity index (χ0n) is 14.9. The van der Waals surface area contributed by atoms with Gasteiger partial charge in [0.1, 0.15) is 5.75 Å². The molecule has 0 fully saturated rings. The van der Waals surface area contributed by atoms with Gasteiger partial charge in [0.05, 0.1) is 12.1 Å². The van der Waals surface area contributed by atoms with Gasteiger partial charge in [0.2, 0.25) is 0 Å². The first-order valence-corrected chi connectivity index (χ1v) is 8.44. The van der Waals surface area contributed by atoms with Gasteiger partial charge in [0.25, 0.3) is 5.91 Å². The summed E-state index contributed by atoms with van der Waals surface area (Å²) in [7, 11) is 1.76. The first-order chi connectivity index (χ1) is 12.7. The molecule has 4 heteroatoms. The maximum Gasteiger partial charge on any atom is 0.258 e. The fraction of sp³-hybridized carbons (Fsp3) is 0.182. The minimum Gasteiger partial charge on any atom is -0.493 e. The van der Waals surface area contributed by atoms with Crippen LogP contribution in [0, 0.1) is 11.8 Å². The van der Waals surface area contributed by atoms with E-state index in [1.807, 2.05) is 55.5 Å². The Balaban J connectivity index is 1.77.